The highest BCUT2D eigenvalue weighted by atomic mass is 79.9. The molecule has 1 aromatic rings. The van der Waals surface area contributed by atoms with E-state index >= 15 is 0 Å². The molecular weight excluding hydrogens is 304 g/mol. The summed E-state index contributed by atoms with van der Waals surface area (Å²) in [5, 5.41) is 8.86. The van der Waals surface area contributed by atoms with Gasteiger partial charge in [-0.1, -0.05) is 15.9 Å². The van der Waals surface area contributed by atoms with Crippen molar-refractivity contribution in [2.24, 2.45) is 5.92 Å². The van der Waals surface area contributed by atoms with E-state index in [0.29, 0.717) is 12.7 Å². The molecule has 1 aliphatic rings. The third-order valence-electron chi connectivity index (χ3n) is 4.00. The molecule has 1 aromatic carbocycles. The number of aliphatic hydroxyl groups excluding tert-OH is 1. The van der Waals surface area contributed by atoms with E-state index in [1.54, 1.807) is 0 Å². The first kappa shape index (κ1) is 14.9. The van der Waals surface area contributed by atoms with Gasteiger partial charge < -0.3 is 9.84 Å². The van der Waals surface area contributed by atoms with Crippen LogP contribution in [0.5, 0.6) is 5.75 Å². The summed E-state index contributed by atoms with van der Waals surface area (Å²) in [5.74, 6) is 1.78. The van der Waals surface area contributed by atoms with Crippen LogP contribution in [0.4, 0.5) is 0 Å². The molecule has 0 spiro atoms. The number of hydrogen-bond donors (Lipinski definition) is 1. The van der Waals surface area contributed by atoms with Crippen LogP contribution in [0.3, 0.4) is 0 Å². The molecule has 0 atom stereocenters. The molecule has 0 amide bonds. The van der Waals surface area contributed by atoms with E-state index in [0.717, 1.165) is 35.4 Å². The van der Waals surface area contributed by atoms with E-state index in [9.17, 15) is 0 Å². The maximum absolute atomic E-state index is 8.86. The van der Waals surface area contributed by atoms with E-state index in [2.05, 4.69) is 35.0 Å². The zero-order chi connectivity index (χ0) is 13.7. The van der Waals surface area contributed by atoms with E-state index in [-0.39, 0.29) is 0 Å². The summed E-state index contributed by atoms with van der Waals surface area (Å²) >= 11 is 3.51. The first-order chi connectivity index (χ1) is 9.19. The average Bonchev–Trinajstić information content (AvgIpc) is 2.42. The maximum Gasteiger partial charge on any atom is 0.120 e. The quantitative estimate of drug-likeness (QED) is 0.865. The Balaban J connectivity index is 1.80. The van der Waals surface area contributed by atoms with E-state index in [1.807, 2.05) is 6.07 Å². The second kappa shape index (κ2) is 7.30. The molecule has 1 fully saturated rings. The predicted molar refractivity (Wildman–Crippen MR) is 81.6 cm³/mol. The van der Waals surface area contributed by atoms with Crippen molar-refractivity contribution in [3.05, 3.63) is 28.2 Å². The molecule has 2 rings (SSSR count). The van der Waals surface area contributed by atoms with Crippen molar-refractivity contribution in [1.82, 2.24) is 0 Å². The smallest absolute Gasteiger partial charge is 0.120 e. The summed E-state index contributed by atoms with van der Waals surface area (Å²) in [4.78, 5) is 0. The molecule has 0 bridgehead atoms. The number of halogens is 1. The van der Waals surface area contributed by atoms with Gasteiger partial charge in [0.2, 0.25) is 0 Å². The largest absolute Gasteiger partial charge is 0.490 e. The van der Waals surface area contributed by atoms with Crippen LogP contribution < -0.4 is 4.74 Å². The van der Waals surface area contributed by atoms with Crippen LogP contribution in [0.15, 0.2) is 22.7 Å². The summed E-state index contributed by atoms with van der Waals surface area (Å²) in [5.41, 5.74) is 1.22. The Labute approximate surface area is 124 Å². The third-order valence-corrected chi connectivity index (χ3v) is 4.89. The Morgan fingerprint density at radius 2 is 2.00 bits per heavy atom. The molecule has 3 heteroatoms. The first-order valence-corrected chi connectivity index (χ1v) is 8.02. The second-order valence-corrected chi connectivity index (χ2v) is 6.39. The molecule has 106 valence electrons. The highest BCUT2D eigenvalue weighted by Crippen LogP contribution is 2.31. The molecule has 0 unspecified atom stereocenters. The van der Waals surface area contributed by atoms with Gasteiger partial charge in [-0.05, 0) is 75.1 Å². The molecule has 0 heterocycles. The number of benzene rings is 1. The van der Waals surface area contributed by atoms with Crippen molar-refractivity contribution >= 4 is 15.9 Å². The minimum absolute atomic E-state index is 0.328. The Morgan fingerprint density at radius 3 is 2.63 bits per heavy atom. The highest BCUT2D eigenvalue weighted by Gasteiger charge is 2.22. The van der Waals surface area contributed by atoms with Gasteiger partial charge in [0.1, 0.15) is 5.75 Å². The average molecular weight is 327 g/mol. The van der Waals surface area contributed by atoms with Crippen molar-refractivity contribution in [2.45, 2.75) is 51.6 Å². The van der Waals surface area contributed by atoms with Crippen LogP contribution in [0, 0.1) is 12.8 Å². The first-order valence-electron chi connectivity index (χ1n) is 7.22. The van der Waals surface area contributed by atoms with Gasteiger partial charge in [0.05, 0.1) is 6.10 Å². The predicted octanol–water partition coefficient (Wildman–Crippen LogP) is 4.47. The molecule has 19 heavy (non-hydrogen) atoms. The molecule has 0 radical (unpaired) electrons. The monoisotopic (exact) mass is 326 g/mol. The fraction of sp³-hybridized carbons (Fsp3) is 0.625. The van der Waals surface area contributed by atoms with Gasteiger partial charge in [-0.15, -0.1) is 0 Å². The van der Waals surface area contributed by atoms with Gasteiger partial charge in [-0.25, -0.2) is 0 Å². The van der Waals surface area contributed by atoms with Crippen molar-refractivity contribution in [1.29, 1.82) is 0 Å². The lowest BCUT2D eigenvalue weighted by molar-refractivity contribution is 0.125. The summed E-state index contributed by atoms with van der Waals surface area (Å²) in [6.45, 7) is 2.41. The van der Waals surface area contributed by atoms with Crippen molar-refractivity contribution in [2.75, 3.05) is 6.61 Å². The number of rotatable bonds is 5. The molecular formula is C16H23BrO2. The lowest BCUT2D eigenvalue weighted by Gasteiger charge is -2.29. The highest BCUT2D eigenvalue weighted by molar-refractivity contribution is 9.10. The topological polar surface area (TPSA) is 29.5 Å². The molecule has 1 aliphatic carbocycles. The number of ether oxygens (including phenoxy) is 1. The SMILES string of the molecule is Cc1cc(OC2CCC(CCCO)CC2)ccc1Br. The number of aliphatic hydroxyl groups is 1. The van der Waals surface area contributed by atoms with Crippen LogP contribution in [0.1, 0.15) is 44.1 Å². The summed E-state index contributed by atoms with van der Waals surface area (Å²) in [6, 6.07) is 6.19. The van der Waals surface area contributed by atoms with E-state index < -0.39 is 0 Å². The molecule has 0 aliphatic heterocycles. The van der Waals surface area contributed by atoms with Gasteiger partial charge in [-0.3, -0.25) is 0 Å². The zero-order valence-corrected chi connectivity index (χ0v) is 13.2. The minimum Gasteiger partial charge on any atom is -0.490 e. The molecule has 2 nitrogen and oxygen atoms in total. The Bertz CT molecular complexity index is 398. The van der Waals surface area contributed by atoms with Gasteiger partial charge in [-0.2, -0.15) is 0 Å². The summed E-state index contributed by atoms with van der Waals surface area (Å²) in [7, 11) is 0. The van der Waals surface area contributed by atoms with Crippen LogP contribution in [-0.4, -0.2) is 17.8 Å². The molecule has 1 N–H and O–H groups in total. The van der Waals surface area contributed by atoms with Crippen LogP contribution in [0.25, 0.3) is 0 Å². The molecule has 1 saturated carbocycles. The lowest BCUT2D eigenvalue weighted by atomic mass is 9.84. The second-order valence-electron chi connectivity index (χ2n) is 5.54. The van der Waals surface area contributed by atoms with Crippen molar-refractivity contribution in [3.8, 4) is 5.75 Å². The van der Waals surface area contributed by atoms with Crippen LogP contribution in [-0.2, 0) is 0 Å². The standard InChI is InChI=1S/C16H23BrO2/c1-12-11-15(8-9-16(12)17)19-14-6-4-13(5-7-14)3-2-10-18/h8-9,11,13-14,18H,2-7,10H2,1H3. The molecule has 0 aromatic heterocycles. The van der Waals surface area contributed by atoms with E-state index in [4.69, 9.17) is 9.84 Å². The van der Waals surface area contributed by atoms with Gasteiger partial charge in [0.25, 0.3) is 0 Å². The van der Waals surface area contributed by atoms with Gasteiger partial charge in [0.15, 0.2) is 0 Å². The van der Waals surface area contributed by atoms with Crippen molar-refractivity contribution in [3.63, 3.8) is 0 Å². The van der Waals surface area contributed by atoms with Crippen LogP contribution in [0.2, 0.25) is 0 Å². The Morgan fingerprint density at radius 1 is 1.26 bits per heavy atom. The fourth-order valence-corrected chi connectivity index (χ4v) is 3.05. The Kier molecular flexibility index (Phi) is 5.71. The third kappa shape index (κ3) is 4.50. The summed E-state index contributed by atoms with van der Waals surface area (Å²) in [6.07, 6.45) is 7.24. The van der Waals surface area contributed by atoms with E-state index in [1.165, 1.54) is 24.8 Å². The maximum atomic E-state index is 8.86. The number of aryl methyl sites for hydroxylation is 1. The number of hydrogen-bond acceptors (Lipinski definition) is 2. The van der Waals surface area contributed by atoms with Crippen LogP contribution >= 0.6 is 15.9 Å². The normalized spacial score (nSPS) is 23.3. The Hall–Kier alpha value is -0.540. The van der Waals surface area contributed by atoms with Crippen molar-refractivity contribution < 1.29 is 9.84 Å². The molecule has 0 saturated heterocycles. The van der Waals surface area contributed by atoms with Gasteiger partial charge in [0, 0.05) is 11.1 Å². The lowest BCUT2D eigenvalue weighted by Crippen LogP contribution is -2.24. The zero-order valence-electron chi connectivity index (χ0n) is 11.6. The fourth-order valence-electron chi connectivity index (χ4n) is 2.80. The minimum atomic E-state index is 0.328. The summed E-state index contributed by atoms with van der Waals surface area (Å²) < 4.78 is 7.21. The van der Waals surface area contributed by atoms with Gasteiger partial charge >= 0.3 is 0 Å².